The number of amides is 3. The molecule has 0 N–H and O–H groups in total. The van der Waals surface area contributed by atoms with Gasteiger partial charge in [0.15, 0.2) is 0 Å². The molecule has 0 bridgehead atoms. The molecule has 3 fully saturated rings. The van der Waals surface area contributed by atoms with E-state index in [0.717, 1.165) is 32.7 Å². The van der Waals surface area contributed by atoms with Crippen LogP contribution in [0.5, 0.6) is 5.75 Å². The lowest BCUT2D eigenvalue weighted by Gasteiger charge is -2.41. The predicted molar refractivity (Wildman–Crippen MR) is 138 cm³/mol. The molecule has 0 unspecified atom stereocenters. The molecule has 0 atom stereocenters. The molecule has 5 rings (SSSR count). The van der Waals surface area contributed by atoms with Crippen molar-refractivity contribution in [3.8, 4) is 5.75 Å². The third-order valence-corrected chi connectivity index (χ3v) is 8.14. The lowest BCUT2D eigenvalue weighted by molar-refractivity contribution is -0.127. The second kappa shape index (κ2) is 9.70. The van der Waals surface area contributed by atoms with E-state index >= 15 is 0 Å². The van der Waals surface area contributed by atoms with E-state index in [0.29, 0.717) is 30.8 Å². The average molecular weight is 497 g/mol. The number of piperidine rings is 1. The van der Waals surface area contributed by atoms with Gasteiger partial charge in [-0.3, -0.25) is 9.69 Å². The molecule has 8 heteroatoms. The second-order valence-corrected chi connectivity index (χ2v) is 10.0. The van der Waals surface area contributed by atoms with Crippen molar-refractivity contribution in [3.05, 3.63) is 53.1 Å². The first-order valence-electron chi connectivity index (χ1n) is 12.5. The maximum Gasteiger partial charge on any atom is 0.332 e. The molecular formula is C27H33ClN4O3. The highest BCUT2D eigenvalue weighted by Crippen LogP contribution is 2.43. The van der Waals surface area contributed by atoms with Crippen LogP contribution in [0.2, 0.25) is 5.02 Å². The Kier molecular flexibility index (Phi) is 6.64. The number of urea groups is 1. The summed E-state index contributed by atoms with van der Waals surface area (Å²) in [5.41, 5.74) is 2.13. The number of ether oxygens (including phenoxy) is 1. The van der Waals surface area contributed by atoms with Crippen molar-refractivity contribution in [2.24, 2.45) is 0 Å². The highest BCUT2D eigenvalue weighted by Gasteiger charge is 2.58. The third-order valence-electron chi connectivity index (χ3n) is 7.76. The minimum Gasteiger partial charge on any atom is -0.495 e. The van der Waals surface area contributed by atoms with Crippen LogP contribution in [0.1, 0.15) is 38.2 Å². The van der Waals surface area contributed by atoms with Gasteiger partial charge in [-0.05, 0) is 62.4 Å². The molecule has 2 aromatic rings. The van der Waals surface area contributed by atoms with E-state index in [4.69, 9.17) is 16.3 Å². The quantitative estimate of drug-likeness (QED) is 0.539. The lowest BCUT2D eigenvalue weighted by atomic mass is 9.85. The molecule has 0 saturated carbocycles. The molecule has 3 aliphatic rings. The Morgan fingerprint density at radius 2 is 1.66 bits per heavy atom. The van der Waals surface area contributed by atoms with Gasteiger partial charge in [-0.15, -0.1) is 0 Å². The number of halogens is 1. The summed E-state index contributed by atoms with van der Waals surface area (Å²) in [6.07, 6.45) is 3.76. The van der Waals surface area contributed by atoms with Gasteiger partial charge in [-0.2, -0.15) is 0 Å². The number of likely N-dealkylation sites (tertiary alicyclic amines) is 1. The predicted octanol–water partition coefficient (Wildman–Crippen LogP) is 4.77. The topological polar surface area (TPSA) is 56.3 Å². The van der Waals surface area contributed by atoms with Gasteiger partial charge in [0.25, 0.3) is 5.91 Å². The molecule has 0 aliphatic carbocycles. The number of likely N-dealkylation sites (N-methyl/N-ethyl adjacent to an activating group) is 1. The summed E-state index contributed by atoms with van der Waals surface area (Å²) < 4.78 is 5.31. The maximum atomic E-state index is 13.8. The summed E-state index contributed by atoms with van der Waals surface area (Å²) in [6.45, 7) is 7.04. The molecule has 7 nitrogen and oxygen atoms in total. The van der Waals surface area contributed by atoms with Crippen molar-refractivity contribution < 1.29 is 14.3 Å². The van der Waals surface area contributed by atoms with Crippen LogP contribution in [0.3, 0.4) is 0 Å². The molecule has 1 spiro atoms. The van der Waals surface area contributed by atoms with Gasteiger partial charge in [0, 0.05) is 45.0 Å². The summed E-state index contributed by atoms with van der Waals surface area (Å²) in [6, 6.07) is 13.7. The van der Waals surface area contributed by atoms with E-state index in [-0.39, 0.29) is 17.0 Å². The van der Waals surface area contributed by atoms with Crippen LogP contribution >= 0.6 is 11.6 Å². The Hall–Kier alpha value is -2.77. The fourth-order valence-corrected chi connectivity index (χ4v) is 6.09. The van der Waals surface area contributed by atoms with Crippen molar-refractivity contribution in [1.29, 1.82) is 0 Å². The van der Waals surface area contributed by atoms with Crippen molar-refractivity contribution in [3.63, 3.8) is 0 Å². The Morgan fingerprint density at radius 1 is 0.971 bits per heavy atom. The number of benzene rings is 2. The maximum absolute atomic E-state index is 13.8. The molecular weight excluding hydrogens is 464 g/mol. The lowest BCUT2D eigenvalue weighted by Crippen LogP contribution is -2.56. The van der Waals surface area contributed by atoms with Gasteiger partial charge in [-0.1, -0.05) is 29.8 Å². The number of nitrogens with zero attached hydrogens (tertiary/aromatic N) is 4. The Labute approximate surface area is 212 Å². The first-order chi connectivity index (χ1) is 17.0. The number of hydrogen-bond donors (Lipinski definition) is 0. The normalized spacial score (nSPS) is 20.4. The smallest absolute Gasteiger partial charge is 0.332 e. The first-order valence-corrected chi connectivity index (χ1v) is 12.9. The molecule has 3 saturated heterocycles. The van der Waals surface area contributed by atoms with E-state index in [1.807, 2.05) is 6.92 Å². The zero-order valence-corrected chi connectivity index (χ0v) is 21.3. The van der Waals surface area contributed by atoms with E-state index in [2.05, 4.69) is 34.1 Å². The fraction of sp³-hybridized carbons (Fsp3) is 0.481. The number of hydrogen-bond acceptors (Lipinski definition) is 5. The summed E-state index contributed by atoms with van der Waals surface area (Å²) in [5.74, 6) is 0.258. The molecule has 2 aromatic carbocycles. The zero-order chi connectivity index (χ0) is 24.6. The molecule has 186 valence electrons. The number of methoxy groups -OCH3 is 1. The van der Waals surface area contributed by atoms with Crippen LogP contribution in [0.15, 0.2) is 42.5 Å². The number of carbonyl (C=O) groups is 2. The molecule has 0 radical (unpaired) electrons. The van der Waals surface area contributed by atoms with Crippen LogP contribution in [0.4, 0.5) is 16.2 Å². The van der Waals surface area contributed by atoms with Crippen molar-refractivity contribution in [2.45, 2.75) is 44.7 Å². The standard InChI is InChI=1S/C27H33ClN4O3/c1-3-31-26(34)32(22-7-6-8-23(35-2)24(22)28)25(33)27(31)13-17-29(18-14-27)19-20-9-11-21(12-10-20)30-15-4-5-16-30/h6-12H,3-5,13-19H2,1-2H3. The van der Waals surface area contributed by atoms with Gasteiger partial charge >= 0.3 is 6.03 Å². The van der Waals surface area contributed by atoms with Gasteiger partial charge in [-0.25, -0.2) is 9.69 Å². The summed E-state index contributed by atoms with van der Waals surface area (Å²) in [7, 11) is 1.52. The Balaban J connectivity index is 1.30. The number of imide groups is 1. The second-order valence-electron chi connectivity index (χ2n) is 9.63. The van der Waals surface area contributed by atoms with Gasteiger partial charge in [0.05, 0.1) is 12.8 Å². The minimum absolute atomic E-state index is 0.186. The van der Waals surface area contributed by atoms with Crippen LogP contribution in [-0.4, -0.2) is 67.1 Å². The van der Waals surface area contributed by atoms with Crippen LogP contribution in [-0.2, 0) is 11.3 Å². The van der Waals surface area contributed by atoms with E-state index in [1.165, 1.54) is 36.1 Å². The average Bonchev–Trinajstić information content (AvgIpc) is 3.48. The summed E-state index contributed by atoms with van der Waals surface area (Å²) in [5, 5.41) is 0.277. The van der Waals surface area contributed by atoms with E-state index < -0.39 is 5.54 Å². The Bertz CT molecular complexity index is 1090. The van der Waals surface area contributed by atoms with Crippen LogP contribution < -0.4 is 14.5 Å². The third kappa shape index (κ3) is 4.15. The highest BCUT2D eigenvalue weighted by atomic mass is 35.5. The van der Waals surface area contributed by atoms with Crippen LogP contribution in [0, 0.1) is 0 Å². The summed E-state index contributed by atoms with van der Waals surface area (Å²) >= 11 is 6.50. The minimum atomic E-state index is -0.825. The van der Waals surface area contributed by atoms with Gasteiger partial charge in [0.2, 0.25) is 0 Å². The molecule has 3 amide bonds. The van der Waals surface area contributed by atoms with Crippen molar-refractivity contribution in [2.75, 3.05) is 49.6 Å². The van der Waals surface area contributed by atoms with Crippen LogP contribution in [0.25, 0.3) is 0 Å². The van der Waals surface area contributed by atoms with Gasteiger partial charge in [0.1, 0.15) is 16.3 Å². The van der Waals surface area contributed by atoms with Gasteiger partial charge < -0.3 is 14.5 Å². The monoisotopic (exact) mass is 496 g/mol. The molecule has 3 aliphatic heterocycles. The number of carbonyl (C=O) groups excluding carboxylic acids is 2. The Morgan fingerprint density at radius 3 is 2.29 bits per heavy atom. The van der Waals surface area contributed by atoms with Crippen molar-refractivity contribution >= 4 is 34.9 Å². The van der Waals surface area contributed by atoms with E-state index in [9.17, 15) is 9.59 Å². The first kappa shape index (κ1) is 23.9. The largest absolute Gasteiger partial charge is 0.495 e. The summed E-state index contributed by atoms with van der Waals surface area (Å²) in [4.78, 5) is 35.0. The number of anilines is 2. The number of rotatable bonds is 6. The highest BCUT2D eigenvalue weighted by molar-refractivity contribution is 6.37. The molecule has 35 heavy (non-hydrogen) atoms. The SMILES string of the molecule is CCN1C(=O)N(c2cccc(OC)c2Cl)C(=O)C12CCN(Cc1ccc(N3CCCC3)cc1)CC2. The van der Waals surface area contributed by atoms with E-state index in [1.54, 1.807) is 23.1 Å². The van der Waals surface area contributed by atoms with Crippen molar-refractivity contribution in [1.82, 2.24) is 9.80 Å². The molecule has 3 heterocycles. The zero-order valence-electron chi connectivity index (χ0n) is 20.5. The fourth-order valence-electron chi connectivity index (χ4n) is 5.80. The molecule has 0 aromatic heterocycles.